The van der Waals surface area contributed by atoms with Gasteiger partial charge in [0, 0.05) is 0 Å². The highest BCUT2D eigenvalue weighted by atomic mass is 16.5. The summed E-state index contributed by atoms with van der Waals surface area (Å²) in [5.41, 5.74) is 0. The van der Waals surface area contributed by atoms with Crippen molar-refractivity contribution in [3.8, 4) is 0 Å². The highest BCUT2D eigenvalue weighted by molar-refractivity contribution is 5.87. The molecule has 0 aromatic rings. The maximum atomic E-state index is 10.7. The molecular formula is C7H12O3. The number of methoxy groups -OCH3 is 1. The van der Waals surface area contributed by atoms with Gasteiger partial charge in [-0.05, 0) is 5.92 Å². The van der Waals surface area contributed by atoms with Crippen molar-refractivity contribution in [2.75, 3.05) is 7.11 Å². The van der Waals surface area contributed by atoms with E-state index in [1.165, 1.54) is 7.11 Å². The average Bonchev–Trinajstić information content (AvgIpc) is 1.88. The minimum Gasteiger partial charge on any atom is -0.468 e. The zero-order valence-electron chi connectivity index (χ0n) is 6.46. The second-order valence-corrected chi connectivity index (χ2v) is 2.43. The molecule has 0 fully saturated rings. The number of rotatable bonds is 3. The molecule has 0 aliphatic carbocycles. The highest BCUT2D eigenvalue weighted by Crippen LogP contribution is 2.08. The smallest absolute Gasteiger partial charge is 0.316 e. The Morgan fingerprint density at radius 2 is 2.00 bits per heavy atom. The Morgan fingerprint density at radius 1 is 1.50 bits per heavy atom. The maximum absolute atomic E-state index is 10.7. The number of hydrogen-bond acceptors (Lipinski definition) is 3. The number of hydrogen-bond donors (Lipinski definition) is 0. The lowest BCUT2D eigenvalue weighted by Gasteiger charge is -2.10. The standard InChI is InChI=1S/C7H12O3/c1-5(2)6(4-8)7(9)10-3/h4-6H,1-3H3/t6-/m1/s1. The van der Waals surface area contributed by atoms with Gasteiger partial charge in [0.1, 0.15) is 12.2 Å². The molecule has 0 aliphatic heterocycles. The van der Waals surface area contributed by atoms with Crippen LogP contribution in [0.15, 0.2) is 0 Å². The molecule has 0 rings (SSSR count). The van der Waals surface area contributed by atoms with Crippen LogP contribution in [0.4, 0.5) is 0 Å². The zero-order chi connectivity index (χ0) is 8.15. The highest BCUT2D eigenvalue weighted by Gasteiger charge is 2.21. The molecule has 0 N–H and O–H groups in total. The Labute approximate surface area is 60.4 Å². The molecule has 3 heteroatoms. The average molecular weight is 144 g/mol. The summed E-state index contributed by atoms with van der Waals surface area (Å²) in [6, 6.07) is 0. The molecule has 58 valence electrons. The Bertz CT molecular complexity index is 129. The van der Waals surface area contributed by atoms with Crippen molar-refractivity contribution in [1.29, 1.82) is 0 Å². The normalized spacial score (nSPS) is 12.8. The van der Waals surface area contributed by atoms with Gasteiger partial charge in [0.25, 0.3) is 0 Å². The Kier molecular flexibility index (Phi) is 3.69. The van der Waals surface area contributed by atoms with Gasteiger partial charge in [-0.2, -0.15) is 0 Å². The van der Waals surface area contributed by atoms with Gasteiger partial charge in [-0.1, -0.05) is 13.8 Å². The van der Waals surface area contributed by atoms with E-state index in [9.17, 15) is 9.59 Å². The third-order valence-electron chi connectivity index (χ3n) is 1.34. The first-order valence-corrected chi connectivity index (χ1v) is 3.16. The molecule has 0 saturated heterocycles. The topological polar surface area (TPSA) is 43.4 Å². The van der Waals surface area contributed by atoms with E-state index in [0.29, 0.717) is 6.29 Å². The molecule has 0 radical (unpaired) electrons. The van der Waals surface area contributed by atoms with Crippen molar-refractivity contribution in [1.82, 2.24) is 0 Å². The quantitative estimate of drug-likeness (QED) is 0.331. The number of carbonyl (C=O) groups excluding carboxylic acids is 2. The third-order valence-corrected chi connectivity index (χ3v) is 1.34. The monoisotopic (exact) mass is 144 g/mol. The summed E-state index contributed by atoms with van der Waals surface area (Å²) in [7, 11) is 1.28. The molecule has 0 aromatic carbocycles. The van der Waals surface area contributed by atoms with Crippen LogP contribution in [0.3, 0.4) is 0 Å². The minimum atomic E-state index is -0.606. The number of carbonyl (C=O) groups is 2. The first kappa shape index (κ1) is 9.14. The van der Waals surface area contributed by atoms with Gasteiger partial charge in [0.05, 0.1) is 7.11 Å². The van der Waals surface area contributed by atoms with Crippen molar-refractivity contribution in [2.45, 2.75) is 13.8 Å². The molecule has 0 heterocycles. The maximum Gasteiger partial charge on any atom is 0.316 e. The lowest BCUT2D eigenvalue weighted by Crippen LogP contribution is -2.22. The van der Waals surface area contributed by atoms with Crippen molar-refractivity contribution < 1.29 is 14.3 Å². The van der Waals surface area contributed by atoms with Crippen LogP contribution in [0.2, 0.25) is 0 Å². The molecule has 10 heavy (non-hydrogen) atoms. The summed E-state index contributed by atoms with van der Waals surface area (Å²) < 4.78 is 4.39. The molecule has 1 atom stereocenters. The van der Waals surface area contributed by atoms with Crippen LogP contribution in [0.25, 0.3) is 0 Å². The largest absolute Gasteiger partial charge is 0.468 e. The first-order valence-electron chi connectivity index (χ1n) is 3.16. The molecule has 0 saturated carbocycles. The van der Waals surface area contributed by atoms with Gasteiger partial charge in [-0.15, -0.1) is 0 Å². The van der Waals surface area contributed by atoms with Crippen LogP contribution in [-0.4, -0.2) is 19.4 Å². The number of esters is 1. The molecule has 0 aliphatic rings. The molecule has 0 spiro atoms. The van der Waals surface area contributed by atoms with Gasteiger partial charge < -0.3 is 9.53 Å². The van der Waals surface area contributed by atoms with E-state index in [1.54, 1.807) is 13.8 Å². The van der Waals surface area contributed by atoms with Crippen LogP contribution in [0, 0.1) is 11.8 Å². The lowest BCUT2D eigenvalue weighted by molar-refractivity contribution is -0.148. The van der Waals surface area contributed by atoms with Gasteiger partial charge in [-0.3, -0.25) is 4.79 Å². The second kappa shape index (κ2) is 4.04. The molecule has 0 amide bonds. The molecule has 0 aromatic heterocycles. The predicted molar refractivity (Wildman–Crippen MR) is 36.4 cm³/mol. The van der Waals surface area contributed by atoms with Crippen LogP contribution < -0.4 is 0 Å². The molecule has 3 nitrogen and oxygen atoms in total. The zero-order valence-corrected chi connectivity index (χ0v) is 6.46. The number of ether oxygens (including phenoxy) is 1. The van der Waals surface area contributed by atoms with E-state index < -0.39 is 11.9 Å². The van der Waals surface area contributed by atoms with E-state index in [2.05, 4.69) is 4.74 Å². The molecular weight excluding hydrogens is 132 g/mol. The van der Waals surface area contributed by atoms with Crippen LogP contribution in [0.5, 0.6) is 0 Å². The van der Waals surface area contributed by atoms with Crippen molar-refractivity contribution in [2.24, 2.45) is 11.8 Å². The van der Waals surface area contributed by atoms with Crippen molar-refractivity contribution in [3.05, 3.63) is 0 Å². The van der Waals surface area contributed by atoms with E-state index in [4.69, 9.17) is 0 Å². The third kappa shape index (κ3) is 2.17. The summed E-state index contributed by atoms with van der Waals surface area (Å²) in [5.74, 6) is -1.04. The Balaban J connectivity index is 4.06. The fourth-order valence-corrected chi connectivity index (χ4v) is 0.621. The summed E-state index contributed by atoms with van der Waals surface area (Å²) in [6.45, 7) is 3.60. The van der Waals surface area contributed by atoms with Crippen LogP contribution in [-0.2, 0) is 14.3 Å². The summed E-state index contributed by atoms with van der Waals surface area (Å²) in [6.07, 6.45) is 0.622. The Hall–Kier alpha value is -0.860. The van der Waals surface area contributed by atoms with E-state index in [-0.39, 0.29) is 5.92 Å². The van der Waals surface area contributed by atoms with Crippen molar-refractivity contribution in [3.63, 3.8) is 0 Å². The van der Waals surface area contributed by atoms with Gasteiger partial charge in [-0.25, -0.2) is 0 Å². The SMILES string of the molecule is COC(=O)[C@H](C=O)C(C)C. The number of aldehydes is 1. The minimum absolute atomic E-state index is 0.0185. The summed E-state index contributed by atoms with van der Waals surface area (Å²) >= 11 is 0. The molecule has 0 bridgehead atoms. The van der Waals surface area contributed by atoms with E-state index >= 15 is 0 Å². The molecule has 0 unspecified atom stereocenters. The van der Waals surface area contributed by atoms with Gasteiger partial charge in [0.2, 0.25) is 0 Å². The summed E-state index contributed by atoms with van der Waals surface area (Å²) in [5, 5.41) is 0. The van der Waals surface area contributed by atoms with Crippen LogP contribution in [0.1, 0.15) is 13.8 Å². The second-order valence-electron chi connectivity index (χ2n) is 2.43. The fraction of sp³-hybridized carbons (Fsp3) is 0.714. The van der Waals surface area contributed by atoms with Gasteiger partial charge >= 0.3 is 5.97 Å². The first-order chi connectivity index (χ1) is 4.63. The van der Waals surface area contributed by atoms with E-state index in [0.717, 1.165) is 0 Å². The fourth-order valence-electron chi connectivity index (χ4n) is 0.621. The predicted octanol–water partition coefficient (Wildman–Crippen LogP) is 0.630. The van der Waals surface area contributed by atoms with Crippen molar-refractivity contribution >= 4 is 12.3 Å². The van der Waals surface area contributed by atoms with Crippen LogP contribution >= 0.6 is 0 Å². The Morgan fingerprint density at radius 3 is 2.10 bits per heavy atom. The van der Waals surface area contributed by atoms with Gasteiger partial charge in [0.15, 0.2) is 0 Å². The summed E-state index contributed by atoms with van der Waals surface area (Å²) in [4.78, 5) is 21.0. The lowest BCUT2D eigenvalue weighted by atomic mass is 9.98. The van der Waals surface area contributed by atoms with E-state index in [1.807, 2.05) is 0 Å².